The molecule has 0 saturated heterocycles. The van der Waals surface area contributed by atoms with Crippen LogP contribution in [0.25, 0.3) is 5.78 Å². The molecule has 8 nitrogen and oxygen atoms in total. The summed E-state index contributed by atoms with van der Waals surface area (Å²) < 4.78 is 44.7. The Hall–Kier alpha value is -2.72. The lowest BCUT2D eigenvalue weighted by molar-refractivity contribution is -0.152. The molecule has 1 aliphatic rings. The molecule has 0 spiro atoms. The highest BCUT2D eigenvalue weighted by molar-refractivity contribution is 5.88. The summed E-state index contributed by atoms with van der Waals surface area (Å²) >= 11 is 0. The normalized spacial score (nSPS) is 16.5. The first-order valence-electron chi connectivity index (χ1n) is 9.77. The third-order valence-electron chi connectivity index (χ3n) is 5.57. The Bertz CT molecular complexity index is 964. The SMILES string of the molecule is COC(=O)C1(NC(=O)CCc2c(C)nc3nc(C(F)(F)F)nn3c2C)CCCCC1. The first kappa shape index (κ1) is 22.0. The number of hydrogen-bond acceptors (Lipinski definition) is 6. The fourth-order valence-corrected chi connectivity index (χ4v) is 3.99. The summed E-state index contributed by atoms with van der Waals surface area (Å²) in [5.41, 5.74) is 0.527. The van der Waals surface area contributed by atoms with Crippen LogP contribution in [0, 0.1) is 13.8 Å². The van der Waals surface area contributed by atoms with E-state index in [4.69, 9.17) is 4.74 Å². The maximum Gasteiger partial charge on any atom is 0.453 e. The van der Waals surface area contributed by atoms with E-state index in [1.807, 2.05) is 0 Å². The van der Waals surface area contributed by atoms with Crippen LogP contribution < -0.4 is 5.32 Å². The lowest BCUT2D eigenvalue weighted by Crippen LogP contribution is -2.56. The molecule has 0 bridgehead atoms. The fourth-order valence-electron chi connectivity index (χ4n) is 3.99. The van der Waals surface area contributed by atoms with E-state index in [1.165, 1.54) is 7.11 Å². The third-order valence-corrected chi connectivity index (χ3v) is 5.57. The summed E-state index contributed by atoms with van der Waals surface area (Å²) in [5.74, 6) is -2.17. The second-order valence-corrected chi connectivity index (χ2v) is 7.59. The predicted molar refractivity (Wildman–Crippen MR) is 99.6 cm³/mol. The van der Waals surface area contributed by atoms with Gasteiger partial charge in [0.15, 0.2) is 0 Å². The number of methoxy groups -OCH3 is 1. The van der Waals surface area contributed by atoms with Gasteiger partial charge in [-0.15, -0.1) is 5.10 Å². The van der Waals surface area contributed by atoms with Crippen molar-refractivity contribution in [1.29, 1.82) is 0 Å². The van der Waals surface area contributed by atoms with E-state index in [-0.39, 0.29) is 24.5 Å². The van der Waals surface area contributed by atoms with Gasteiger partial charge in [-0.1, -0.05) is 19.3 Å². The first-order chi connectivity index (χ1) is 14.1. The summed E-state index contributed by atoms with van der Waals surface area (Å²) in [6.45, 7) is 3.26. The molecular formula is C19H24F3N5O3. The molecule has 1 aliphatic carbocycles. The van der Waals surface area contributed by atoms with Crippen molar-refractivity contribution in [1.82, 2.24) is 24.9 Å². The van der Waals surface area contributed by atoms with E-state index in [0.29, 0.717) is 29.8 Å². The topological polar surface area (TPSA) is 98.5 Å². The molecular weight excluding hydrogens is 403 g/mol. The van der Waals surface area contributed by atoms with Crippen LogP contribution in [0.4, 0.5) is 13.2 Å². The standard InChI is InChI=1S/C19H24F3N5O3/c1-11-13(12(2)27-17(23-11)24-15(26-27)19(20,21)22)7-8-14(28)25-18(16(29)30-3)9-5-4-6-10-18/h4-10H2,1-3H3,(H,25,28). The number of alkyl halides is 3. The summed E-state index contributed by atoms with van der Waals surface area (Å²) in [4.78, 5) is 32.4. The van der Waals surface area contributed by atoms with Crippen molar-refractivity contribution in [3.8, 4) is 0 Å². The van der Waals surface area contributed by atoms with Gasteiger partial charge in [-0.2, -0.15) is 18.2 Å². The molecule has 1 fully saturated rings. The Labute approximate surface area is 171 Å². The molecule has 0 unspecified atom stereocenters. The number of carbonyl (C=O) groups is 2. The van der Waals surface area contributed by atoms with E-state index in [1.54, 1.807) is 13.8 Å². The number of halogens is 3. The van der Waals surface area contributed by atoms with E-state index < -0.39 is 23.5 Å². The van der Waals surface area contributed by atoms with Gasteiger partial charge < -0.3 is 10.1 Å². The van der Waals surface area contributed by atoms with Crippen LogP contribution in [0.2, 0.25) is 0 Å². The average molecular weight is 427 g/mol. The Morgan fingerprint density at radius 2 is 1.83 bits per heavy atom. The first-order valence-corrected chi connectivity index (χ1v) is 9.77. The number of fused-ring (bicyclic) bond motifs is 1. The number of rotatable bonds is 5. The van der Waals surface area contributed by atoms with Crippen LogP contribution >= 0.6 is 0 Å². The largest absolute Gasteiger partial charge is 0.467 e. The van der Waals surface area contributed by atoms with E-state index in [2.05, 4.69) is 20.4 Å². The molecule has 11 heteroatoms. The number of aryl methyl sites for hydroxylation is 2. The van der Waals surface area contributed by atoms with Crippen molar-refractivity contribution in [3.05, 3.63) is 22.8 Å². The minimum absolute atomic E-state index is 0.0500. The molecule has 164 valence electrons. The molecule has 2 heterocycles. The predicted octanol–water partition coefficient (Wildman–Crippen LogP) is 2.68. The van der Waals surface area contributed by atoms with Gasteiger partial charge in [0.1, 0.15) is 5.54 Å². The number of nitrogens with one attached hydrogen (secondary N) is 1. The average Bonchev–Trinajstić information content (AvgIpc) is 3.12. The van der Waals surface area contributed by atoms with Crippen LogP contribution in [-0.4, -0.2) is 44.1 Å². The van der Waals surface area contributed by atoms with Gasteiger partial charge in [0.05, 0.1) is 7.11 Å². The molecule has 0 radical (unpaired) electrons. The maximum absolute atomic E-state index is 12.9. The molecule has 1 N–H and O–H groups in total. The molecule has 0 aliphatic heterocycles. The molecule has 30 heavy (non-hydrogen) atoms. The molecule has 3 rings (SSSR count). The Kier molecular flexibility index (Phi) is 6.00. The highest BCUT2D eigenvalue weighted by Gasteiger charge is 2.42. The summed E-state index contributed by atoms with van der Waals surface area (Å²) in [5, 5.41) is 6.34. The van der Waals surface area contributed by atoms with Gasteiger partial charge in [-0.3, -0.25) is 4.79 Å². The van der Waals surface area contributed by atoms with Crippen molar-refractivity contribution in [3.63, 3.8) is 0 Å². The van der Waals surface area contributed by atoms with Crippen LogP contribution in [0.1, 0.15) is 61.3 Å². The van der Waals surface area contributed by atoms with Gasteiger partial charge in [0.2, 0.25) is 5.91 Å². The lowest BCUT2D eigenvalue weighted by Gasteiger charge is -2.35. The smallest absolute Gasteiger partial charge is 0.453 e. The van der Waals surface area contributed by atoms with E-state index in [0.717, 1.165) is 23.8 Å². The van der Waals surface area contributed by atoms with Crippen molar-refractivity contribution < 1.29 is 27.5 Å². The van der Waals surface area contributed by atoms with Crippen LogP contribution in [-0.2, 0) is 26.9 Å². The number of amides is 1. The summed E-state index contributed by atoms with van der Waals surface area (Å²) in [6.07, 6.45) is -0.692. The van der Waals surface area contributed by atoms with Gasteiger partial charge in [0.25, 0.3) is 11.6 Å². The van der Waals surface area contributed by atoms with Crippen LogP contribution in [0.3, 0.4) is 0 Å². The maximum atomic E-state index is 12.9. The van der Waals surface area contributed by atoms with E-state index >= 15 is 0 Å². The highest BCUT2D eigenvalue weighted by Crippen LogP contribution is 2.30. The quantitative estimate of drug-likeness (QED) is 0.737. The summed E-state index contributed by atoms with van der Waals surface area (Å²) in [7, 11) is 1.30. The monoisotopic (exact) mass is 427 g/mol. The molecule has 2 aromatic rings. The number of carbonyl (C=O) groups excluding carboxylic acids is 2. The van der Waals surface area contributed by atoms with Gasteiger partial charge in [-0.05, 0) is 38.7 Å². The zero-order chi connectivity index (χ0) is 22.1. The Balaban J connectivity index is 1.77. The summed E-state index contributed by atoms with van der Waals surface area (Å²) in [6, 6.07) is 0. The zero-order valence-corrected chi connectivity index (χ0v) is 17.1. The lowest BCUT2D eigenvalue weighted by atomic mass is 9.81. The molecule has 2 aromatic heterocycles. The number of hydrogen-bond donors (Lipinski definition) is 1. The fraction of sp³-hybridized carbons (Fsp3) is 0.632. The van der Waals surface area contributed by atoms with Crippen LogP contribution in [0.15, 0.2) is 0 Å². The van der Waals surface area contributed by atoms with Gasteiger partial charge >= 0.3 is 12.1 Å². The number of nitrogens with zero attached hydrogens (tertiary/aromatic N) is 4. The van der Waals surface area contributed by atoms with Crippen molar-refractivity contribution in [2.24, 2.45) is 0 Å². The zero-order valence-electron chi connectivity index (χ0n) is 17.1. The second-order valence-electron chi connectivity index (χ2n) is 7.59. The van der Waals surface area contributed by atoms with E-state index in [9.17, 15) is 22.8 Å². The van der Waals surface area contributed by atoms with Crippen molar-refractivity contribution in [2.75, 3.05) is 7.11 Å². The number of ether oxygens (including phenoxy) is 1. The molecule has 0 aromatic carbocycles. The van der Waals surface area contributed by atoms with Gasteiger partial charge in [0, 0.05) is 17.8 Å². The Morgan fingerprint density at radius 1 is 1.17 bits per heavy atom. The van der Waals surface area contributed by atoms with Crippen molar-refractivity contribution in [2.45, 2.75) is 70.5 Å². The van der Waals surface area contributed by atoms with Crippen molar-refractivity contribution >= 4 is 17.7 Å². The highest BCUT2D eigenvalue weighted by atomic mass is 19.4. The molecule has 1 amide bonds. The third kappa shape index (κ3) is 4.24. The van der Waals surface area contributed by atoms with Gasteiger partial charge in [-0.25, -0.2) is 14.3 Å². The molecule has 0 atom stereocenters. The molecule has 1 saturated carbocycles. The minimum Gasteiger partial charge on any atom is -0.467 e. The number of aromatic nitrogens is 4. The Morgan fingerprint density at radius 3 is 2.43 bits per heavy atom. The van der Waals surface area contributed by atoms with Crippen LogP contribution in [0.5, 0.6) is 0 Å². The minimum atomic E-state index is -4.67. The number of esters is 1. The second kappa shape index (κ2) is 8.19.